The first-order valence-electron chi connectivity index (χ1n) is 15.0. The van der Waals surface area contributed by atoms with Gasteiger partial charge >= 0.3 is 0 Å². The number of aromatic nitrogens is 4. The Morgan fingerprint density at radius 3 is 2.28 bits per heavy atom. The number of nitrogens with zero attached hydrogens (tertiary/aromatic N) is 5. The normalized spacial score (nSPS) is 18.9. The summed E-state index contributed by atoms with van der Waals surface area (Å²) >= 11 is 0. The van der Waals surface area contributed by atoms with Crippen molar-refractivity contribution in [2.45, 2.75) is 57.5 Å². The van der Waals surface area contributed by atoms with Crippen molar-refractivity contribution in [2.75, 3.05) is 36.4 Å². The Morgan fingerprint density at radius 1 is 0.907 bits per heavy atom. The zero-order valence-corrected chi connectivity index (χ0v) is 24.9. The number of carbonyl (C=O) groups excluding carboxylic acids is 2. The number of anilines is 3. The Bertz CT molecular complexity index is 1590. The number of amides is 2. The molecule has 2 saturated heterocycles. The minimum atomic E-state index is -0.0739. The predicted octanol–water partition coefficient (Wildman–Crippen LogP) is 3.66. The Labute approximate surface area is 251 Å². The lowest BCUT2D eigenvalue weighted by Crippen LogP contribution is -2.48. The summed E-state index contributed by atoms with van der Waals surface area (Å²) in [6.45, 7) is 9.60. The molecule has 224 valence electrons. The number of carbonyl (C=O) groups is 2. The first-order chi connectivity index (χ1) is 20.7. The number of hydrogen-bond donors (Lipinski definition) is 4. The van der Waals surface area contributed by atoms with Gasteiger partial charge in [-0.05, 0) is 73.2 Å². The van der Waals surface area contributed by atoms with Gasteiger partial charge in [-0.1, -0.05) is 32.9 Å². The zero-order chi connectivity index (χ0) is 30.0. The fourth-order valence-electron chi connectivity index (χ4n) is 5.58. The summed E-state index contributed by atoms with van der Waals surface area (Å²) < 4.78 is 1.79. The molecule has 0 radical (unpaired) electrons. The summed E-state index contributed by atoms with van der Waals surface area (Å²) in [5.74, 6) is 1.50. The molecule has 0 saturated carbocycles. The zero-order valence-electron chi connectivity index (χ0n) is 24.9. The van der Waals surface area contributed by atoms with Crippen LogP contribution in [0.4, 0.5) is 17.6 Å². The van der Waals surface area contributed by atoms with Gasteiger partial charge in [-0.15, -0.1) is 0 Å². The van der Waals surface area contributed by atoms with Crippen molar-refractivity contribution in [2.24, 2.45) is 0 Å². The van der Waals surface area contributed by atoms with Crippen LogP contribution in [0.2, 0.25) is 0 Å². The molecule has 0 bridgehead atoms. The first kappa shape index (κ1) is 28.6. The van der Waals surface area contributed by atoms with Crippen molar-refractivity contribution in [1.82, 2.24) is 35.3 Å². The van der Waals surface area contributed by atoms with Gasteiger partial charge in [0.2, 0.25) is 17.7 Å². The molecule has 2 fully saturated rings. The Morgan fingerprint density at radius 2 is 1.60 bits per heavy atom. The molecule has 2 atom stereocenters. The summed E-state index contributed by atoms with van der Waals surface area (Å²) in [7, 11) is 0. The average Bonchev–Trinajstić information content (AvgIpc) is 3.70. The lowest BCUT2D eigenvalue weighted by atomic mass is 9.86. The molecule has 4 heterocycles. The van der Waals surface area contributed by atoms with Crippen LogP contribution in [0.15, 0.2) is 60.9 Å². The highest BCUT2D eigenvalue weighted by molar-refractivity contribution is 5.95. The van der Waals surface area contributed by atoms with E-state index in [0.717, 1.165) is 44.6 Å². The fourth-order valence-corrected chi connectivity index (χ4v) is 5.58. The maximum atomic E-state index is 13.1. The molecule has 2 aliphatic rings. The molecule has 4 N–H and O–H groups in total. The van der Waals surface area contributed by atoms with Crippen molar-refractivity contribution in [3.05, 3.63) is 77.6 Å². The third kappa shape index (κ3) is 6.61. The van der Waals surface area contributed by atoms with E-state index in [4.69, 9.17) is 9.97 Å². The SMILES string of the molecule is CC(C)(C)c1ccc(C(=O)NC2CCCN(c3nc(Nc4ccc(C(=O)NC5CCNC5)cc4)n4ccnc4n3)C2)cc1. The Balaban J connectivity index is 1.13. The van der Waals surface area contributed by atoms with Gasteiger partial charge in [0.15, 0.2) is 0 Å². The van der Waals surface area contributed by atoms with Crippen LogP contribution < -0.4 is 26.2 Å². The summed E-state index contributed by atoms with van der Waals surface area (Å²) in [5, 5.41) is 12.9. The van der Waals surface area contributed by atoms with Crippen LogP contribution >= 0.6 is 0 Å². The second-order valence-corrected chi connectivity index (χ2v) is 12.4. The number of fused-ring (bicyclic) bond motifs is 1. The topological polar surface area (TPSA) is 129 Å². The van der Waals surface area contributed by atoms with E-state index in [1.54, 1.807) is 10.6 Å². The van der Waals surface area contributed by atoms with Crippen molar-refractivity contribution in [1.29, 1.82) is 0 Å². The molecule has 0 spiro atoms. The van der Waals surface area contributed by atoms with E-state index < -0.39 is 0 Å². The summed E-state index contributed by atoms with van der Waals surface area (Å²) in [6.07, 6.45) is 6.23. The van der Waals surface area contributed by atoms with E-state index in [-0.39, 0.29) is 29.3 Å². The minimum absolute atomic E-state index is 0.0294. The quantitative estimate of drug-likeness (QED) is 0.260. The van der Waals surface area contributed by atoms with Crippen LogP contribution in [0.25, 0.3) is 5.78 Å². The van der Waals surface area contributed by atoms with Gasteiger partial charge in [0.1, 0.15) is 0 Å². The van der Waals surface area contributed by atoms with E-state index in [9.17, 15) is 9.59 Å². The predicted molar refractivity (Wildman–Crippen MR) is 167 cm³/mol. The van der Waals surface area contributed by atoms with E-state index in [2.05, 4.69) is 51.9 Å². The maximum Gasteiger partial charge on any atom is 0.251 e. The summed E-state index contributed by atoms with van der Waals surface area (Å²) in [5.41, 5.74) is 3.29. The molecule has 2 aliphatic heterocycles. The third-order valence-corrected chi connectivity index (χ3v) is 8.11. The lowest BCUT2D eigenvalue weighted by Gasteiger charge is -2.33. The molecule has 11 nitrogen and oxygen atoms in total. The highest BCUT2D eigenvalue weighted by Gasteiger charge is 2.25. The van der Waals surface area contributed by atoms with Crippen LogP contribution in [0.5, 0.6) is 0 Å². The van der Waals surface area contributed by atoms with Crippen LogP contribution in [0.3, 0.4) is 0 Å². The molecule has 2 aromatic carbocycles. The molecule has 2 amide bonds. The van der Waals surface area contributed by atoms with Crippen molar-refractivity contribution < 1.29 is 9.59 Å². The molecule has 6 rings (SSSR count). The van der Waals surface area contributed by atoms with E-state index in [1.165, 1.54) is 5.56 Å². The lowest BCUT2D eigenvalue weighted by molar-refractivity contribution is 0.0927. The number of hydrogen-bond acceptors (Lipinski definition) is 8. The van der Waals surface area contributed by atoms with E-state index in [1.807, 2.05) is 54.7 Å². The van der Waals surface area contributed by atoms with Gasteiger partial charge < -0.3 is 26.2 Å². The van der Waals surface area contributed by atoms with Gasteiger partial charge in [-0.2, -0.15) is 9.97 Å². The van der Waals surface area contributed by atoms with E-state index in [0.29, 0.717) is 35.3 Å². The molecule has 2 aromatic heterocycles. The molecular formula is C32H39N9O2. The second-order valence-electron chi connectivity index (χ2n) is 12.4. The smallest absolute Gasteiger partial charge is 0.251 e. The van der Waals surface area contributed by atoms with Crippen molar-refractivity contribution in [3.63, 3.8) is 0 Å². The van der Waals surface area contributed by atoms with Crippen LogP contribution in [-0.2, 0) is 5.41 Å². The van der Waals surface area contributed by atoms with Crippen molar-refractivity contribution >= 4 is 35.2 Å². The average molecular weight is 582 g/mol. The van der Waals surface area contributed by atoms with Gasteiger partial charge in [0.05, 0.1) is 0 Å². The highest BCUT2D eigenvalue weighted by atomic mass is 16.2. The monoisotopic (exact) mass is 581 g/mol. The Kier molecular flexibility index (Phi) is 7.98. The molecule has 2 unspecified atom stereocenters. The van der Waals surface area contributed by atoms with E-state index >= 15 is 0 Å². The highest BCUT2D eigenvalue weighted by Crippen LogP contribution is 2.24. The van der Waals surface area contributed by atoms with Gasteiger partial charge in [0.25, 0.3) is 11.8 Å². The molecule has 0 aliphatic carbocycles. The second kappa shape index (κ2) is 12.0. The number of piperidine rings is 1. The number of benzene rings is 2. The van der Waals surface area contributed by atoms with Crippen LogP contribution in [-0.4, -0.2) is 69.4 Å². The van der Waals surface area contributed by atoms with Crippen LogP contribution in [0.1, 0.15) is 66.3 Å². The largest absolute Gasteiger partial charge is 0.348 e. The van der Waals surface area contributed by atoms with Gasteiger partial charge in [-0.25, -0.2) is 4.98 Å². The molecule has 11 heteroatoms. The summed E-state index contributed by atoms with van der Waals surface area (Å²) in [6, 6.07) is 15.3. The van der Waals surface area contributed by atoms with Crippen molar-refractivity contribution in [3.8, 4) is 0 Å². The third-order valence-electron chi connectivity index (χ3n) is 8.11. The number of nitrogens with one attached hydrogen (secondary N) is 4. The van der Waals surface area contributed by atoms with Gasteiger partial charge in [-0.3, -0.25) is 14.0 Å². The fraction of sp³-hybridized carbons (Fsp3) is 0.406. The Hall–Kier alpha value is -4.51. The number of rotatable bonds is 7. The summed E-state index contributed by atoms with van der Waals surface area (Å²) in [4.78, 5) is 41.8. The minimum Gasteiger partial charge on any atom is -0.348 e. The maximum absolute atomic E-state index is 13.1. The number of imidazole rings is 1. The first-order valence-corrected chi connectivity index (χ1v) is 15.0. The standard InChI is InChI=1S/C32H39N9O2/c1-32(2,3)23-10-6-21(7-11-23)28(43)36-26-5-4-17-40(20-26)30-38-29-34-16-18-41(29)31(39-30)37-24-12-8-22(9-13-24)27(42)35-25-14-15-33-19-25/h6-13,16,18,25-26,33H,4-5,14-15,17,19-20H2,1-3H3,(H,35,42)(H,36,43)(H,34,37,38,39). The van der Waals surface area contributed by atoms with Crippen LogP contribution in [0, 0.1) is 0 Å². The molecule has 4 aromatic rings. The molecule has 43 heavy (non-hydrogen) atoms. The molecular weight excluding hydrogens is 542 g/mol. The van der Waals surface area contributed by atoms with Gasteiger partial charge in [0, 0.05) is 60.9 Å².